The number of aryl methyl sites for hydroxylation is 1. The first-order valence-corrected chi connectivity index (χ1v) is 9.09. The molecule has 2 atom stereocenters. The summed E-state index contributed by atoms with van der Waals surface area (Å²) in [7, 11) is 0. The summed E-state index contributed by atoms with van der Waals surface area (Å²) in [4.78, 5) is 14.9. The molecule has 1 aromatic heterocycles. The van der Waals surface area contributed by atoms with Crippen LogP contribution >= 0.6 is 0 Å². The molecule has 5 nitrogen and oxygen atoms in total. The van der Waals surface area contributed by atoms with Gasteiger partial charge in [0.15, 0.2) is 0 Å². The fraction of sp³-hybridized carbons (Fsp3) is 0.778. The van der Waals surface area contributed by atoms with E-state index in [0.29, 0.717) is 29.9 Å². The summed E-state index contributed by atoms with van der Waals surface area (Å²) in [5.74, 6) is -0.749. The van der Waals surface area contributed by atoms with E-state index in [-0.39, 0.29) is 12.5 Å². The van der Waals surface area contributed by atoms with Gasteiger partial charge in [-0.25, -0.2) is 0 Å². The number of carbonyl (C=O) groups excluding carboxylic acids is 1. The highest BCUT2D eigenvalue weighted by atomic mass is 19.4. The average Bonchev–Trinajstić information content (AvgIpc) is 3.07. The van der Waals surface area contributed by atoms with E-state index in [2.05, 4.69) is 5.10 Å². The Bertz CT molecular complexity index is 657. The largest absolute Gasteiger partial charge is 0.408 e. The first kappa shape index (κ1) is 20.7. The molecule has 0 saturated carbocycles. The molecule has 1 fully saturated rings. The maximum atomic E-state index is 13.1. The second kappa shape index (κ2) is 7.58. The molecule has 148 valence electrons. The Kier molecular flexibility index (Phi) is 6.05. The number of hydrogen-bond donors (Lipinski definition) is 1. The van der Waals surface area contributed by atoms with Crippen LogP contribution in [-0.4, -0.2) is 50.6 Å². The molecule has 0 aliphatic carbocycles. The van der Waals surface area contributed by atoms with Gasteiger partial charge in [0.05, 0.1) is 23.8 Å². The van der Waals surface area contributed by atoms with Crippen molar-refractivity contribution in [3.8, 4) is 0 Å². The Balaban J connectivity index is 2.31. The Morgan fingerprint density at radius 3 is 2.58 bits per heavy atom. The van der Waals surface area contributed by atoms with Crippen LogP contribution in [0.5, 0.6) is 0 Å². The summed E-state index contributed by atoms with van der Waals surface area (Å²) in [5.41, 5.74) is 0.806. The van der Waals surface area contributed by atoms with Gasteiger partial charge < -0.3 is 10.0 Å². The molecule has 26 heavy (non-hydrogen) atoms. The van der Waals surface area contributed by atoms with E-state index in [0.717, 1.165) is 23.9 Å². The van der Waals surface area contributed by atoms with E-state index in [1.807, 2.05) is 6.92 Å². The summed E-state index contributed by atoms with van der Waals surface area (Å²) in [5, 5.41) is 13.9. The van der Waals surface area contributed by atoms with Crippen molar-refractivity contribution < 1.29 is 23.1 Å². The van der Waals surface area contributed by atoms with Gasteiger partial charge in [-0.3, -0.25) is 9.48 Å². The zero-order valence-electron chi connectivity index (χ0n) is 15.9. The van der Waals surface area contributed by atoms with E-state index < -0.39 is 24.2 Å². The van der Waals surface area contributed by atoms with E-state index in [4.69, 9.17) is 0 Å². The van der Waals surface area contributed by atoms with Gasteiger partial charge in [0.2, 0.25) is 5.91 Å². The molecular weight excluding hydrogens is 347 g/mol. The molecule has 1 aliphatic heterocycles. The van der Waals surface area contributed by atoms with Gasteiger partial charge in [0.1, 0.15) is 6.54 Å². The van der Waals surface area contributed by atoms with Crippen molar-refractivity contribution in [2.75, 3.05) is 13.2 Å². The number of halogens is 3. The van der Waals surface area contributed by atoms with Crippen LogP contribution in [0.2, 0.25) is 0 Å². The first-order valence-electron chi connectivity index (χ1n) is 9.09. The minimum absolute atomic E-state index is 0.0927. The molecule has 1 amide bonds. The molecule has 0 unspecified atom stereocenters. The van der Waals surface area contributed by atoms with Gasteiger partial charge in [-0.05, 0) is 40.0 Å². The summed E-state index contributed by atoms with van der Waals surface area (Å²) in [6.07, 6.45) is -1.23. The summed E-state index contributed by atoms with van der Waals surface area (Å²) < 4.78 is 39.1. The van der Waals surface area contributed by atoms with Crippen LogP contribution in [0.1, 0.15) is 62.4 Å². The predicted molar refractivity (Wildman–Crippen MR) is 91.8 cm³/mol. The Hall–Kier alpha value is -1.57. The van der Waals surface area contributed by atoms with Crippen molar-refractivity contribution in [2.24, 2.45) is 0 Å². The Morgan fingerprint density at radius 1 is 1.38 bits per heavy atom. The van der Waals surface area contributed by atoms with E-state index in [1.54, 1.807) is 25.7 Å². The highest BCUT2D eigenvalue weighted by molar-refractivity contribution is 5.85. The Labute approximate surface area is 152 Å². The number of alkyl halides is 3. The second-order valence-corrected chi connectivity index (χ2v) is 7.30. The number of amides is 1. The summed E-state index contributed by atoms with van der Waals surface area (Å²) in [6.45, 7) is 6.24. The van der Waals surface area contributed by atoms with Crippen molar-refractivity contribution in [1.29, 1.82) is 0 Å². The molecule has 0 aromatic carbocycles. The third-order valence-electron chi connectivity index (χ3n) is 5.44. The molecule has 8 heteroatoms. The van der Waals surface area contributed by atoms with Crippen molar-refractivity contribution >= 4 is 5.91 Å². The molecule has 0 bridgehead atoms. The van der Waals surface area contributed by atoms with Gasteiger partial charge in [-0.15, -0.1) is 0 Å². The van der Waals surface area contributed by atoms with Crippen molar-refractivity contribution in [3.05, 3.63) is 17.0 Å². The SMILES string of the molecule is CCC[C@]1(CO)CCCN1C(=O)[C@@H](C)c1c(C)nn(CC(F)(F)F)c1C. The van der Waals surface area contributed by atoms with Gasteiger partial charge >= 0.3 is 6.18 Å². The van der Waals surface area contributed by atoms with Crippen LogP contribution in [0, 0.1) is 13.8 Å². The van der Waals surface area contributed by atoms with Gasteiger partial charge in [-0.1, -0.05) is 13.3 Å². The monoisotopic (exact) mass is 375 g/mol. The van der Waals surface area contributed by atoms with E-state index in [1.165, 1.54) is 0 Å². The number of aliphatic hydroxyl groups is 1. The van der Waals surface area contributed by atoms with Crippen LogP contribution in [0.4, 0.5) is 13.2 Å². The minimum atomic E-state index is -4.37. The van der Waals surface area contributed by atoms with Crippen LogP contribution < -0.4 is 0 Å². The van der Waals surface area contributed by atoms with Crippen molar-refractivity contribution in [1.82, 2.24) is 14.7 Å². The van der Waals surface area contributed by atoms with Gasteiger partial charge in [0, 0.05) is 17.8 Å². The number of carbonyl (C=O) groups is 1. The molecule has 0 radical (unpaired) electrons. The van der Waals surface area contributed by atoms with Crippen molar-refractivity contribution in [3.63, 3.8) is 0 Å². The molecule has 2 heterocycles. The predicted octanol–water partition coefficient (Wildman–Crippen LogP) is 3.32. The third-order valence-corrected chi connectivity index (χ3v) is 5.44. The molecular formula is C18H28F3N3O2. The molecule has 0 spiro atoms. The zero-order valence-corrected chi connectivity index (χ0v) is 15.9. The van der Waals surface area contributed by atoms with E-state index >= 15 is 0 Å². The smallest absolute Gasteiger partial charge is 0.394 e. The number of aromatic nitrogens is 2. The van der Waals surface area contributed by atoms with Crippen LogP contribution in [0.15, 0.2) is 0 Å². The number of hydrogen-bond acceptors (Lipinski definition) is 3. The van der Waals surface area contributed by atoms with Crippen LogP contribution in [0.25, 0.3) is 0 Å². The molecule has 1 saturated heterocycles. The average molecular weight is 375 g/mol. The lowest BCUT2D eigenvalue weighted by molar-refractivity contribution is -0.143. The summed E-state index contributed by atoms with van der Waals surface area (Å²) >= 11 is 0. The van der Waals surface area contributed by atoms with E-state index in [9.17, 15) is 23.1 Å². The quantitative estimate of drug-likeness (QED) is 0.830. The highest BCUT2D eigenvalue weighted by Crippen LogP contribution is 2.37. The third kappa shape index (κ3) is 3.89. The normalized spacial score (nSPS) is 22.1. The zero-order chi connectivity index (χ0) is 19.7. The second-order valence-electron chi connectivity index (χ2n) is 7.30. The summed E-state index contributed by atoms with van der Waals surface area (Å²) in [6, 6.07) is 0. The number of aliphatic hydroxyl groups excluding tert-OH is 1. The van der Waals surface area contributed by atoms with Gasteiger partial charge in [0.25, 0.3) is 0 Å². The lowest BCUT2D eigenvalue weighted by Crippen LogP contribution is -2.51. The fourth-order valence-corrected chi connectivity index (χ4v) is 4.27. The van der Waals surface area contributed by atoms with Crippen LogP contribution in [-0.2, 0) is 11.3 Å². The topological polar surface area (TPSA) is 58.4 Å². The first-order chi connectivity index (χ1) is 12.1. The fourth-order valence-electron chi connectivity index (χ4n) is 4.27. The minimum Gasteiger partial charge on any atom is -0.394 e. The number of likely N-dealkylation sites (tertiary alicyclic amines) is 1. The molecule has 1 aliphatic rings. The van der Waals surface area contributed by atoms with Crippen LogP contribution in [0.3, 0.4) is 0 Å². The van der Waals surface area contributed by atoms with Crippen molar-refractivity contribution in [2.45, 2.75) is 77.6 Å². The maximum Gasteiger partial charge on any atom is 0.408 e. The lowest BCUT2D eigenvalue weighted by Gasteiger charge is -2.38. The molecule has 2 rings (SSSR count). The number of rotatable bonds is 6. The standard InChI is InChI=1S/C18H28F3N3O2/c1-5-7-17(11-25)8-6-9-23(17)16(26)12(2)15-13(3)22-24(14(15)4)10-18(19,20)21/h12,25H,5-11H2,1-4H3/t12-,17+/m0/s1. The molecule has 1 N–H and O–H groups in total. The molecule has 1 aromatic rings. The maximum absolute atomic E-state index is 13.1. The lowest BCUT2D eigenvalue weighted by atomic mass is 9.89. The number of nitrogens with zero attached hydrogens (tertiary/aromatic N) is 3. The Morgan fingerprint density at radius 2 is 2.04 bits per heavy atom. The highest BCUT2D eigenvalue weighted by Gasteiger charge is 2.44. The van der Waals surface area contributed by atoms with Gasteiger partial charge in [-0.2, -0.15) is 18.3 Å².